The second-order valence-electron chi connectivity index (χ2n) is 5.39. The van der Waals surface area contributed by atoms with Crippen molar-refractivity contribution in [1.29, 1.82) is 0 Å². The molecular weight excluding hydrogens is 298 g/mol. The predicted molar refractivity (Wildman–Crippen MR) is 83.0 cm³/mol. The molecule has 1 aromatic heterocycles. The molecule has 1 saturated heterocycles. The lowest BCUT2D eigenvalue weighted by Gasteiger charge is -2.34. The van der Waals surface area contributed by atoms with Gasteiger partial charge in [0.15, 0.2) is 0 Å². The molecule has 23 heavy (non-hydrogen) atoms. The Morgan fingerprint density at radius 3 is 2.57 bits per heavy atom. The topological polar surface area (TPSA) is 80.6 Å². The minimum Gasteiger partial charge on any atom is -0.450 e. The minimum atomic E-state index is -0.319. The van der Waals surface area contributed by atoms with Crippen molar-refractivity contribution >= 4 is 23.0 Å². The molecule has 1 aromatic carbocycles. The molecule has 1 aliphatic rings. The van der Waals surface area contributed by atoms with E-state index in [1.807, 2.05) is 13.1 Å². The van der Waals surface area contributed by atoms with Crippen LogP contribution in [0.15, 0.2) is 18.2 Å². The molecule has 2 aromatic rings. The number of fused-ring (bicyclic) bond motifs is 1. The third kappa shape index (κ3) is 2.96. The number of benzene rings is 1. The fourth-order valence-electron chi connectivity index (χ4n) is 2.66. The number of rotatable bonds is 2. The Labute approximate surface area is 133 Å². The van der Waals surface area contributed by atoms with E-state index >= 15 is 0 Å². The number of aromatic nitrogens is 3. The van der Waals surface area contributed by atoms with Crippen molar-refractivity contribution in [2.45, 2.75) is 6.92 Å². The van der Waals surface area contributed by atoms with Crippen LogP contribution in [0.5, 0.6) is 0 Å². The summed E-state index contributed by atoms with van der Waals surface area (Å²) in [5.74, 6) is -0.0546. The third-order valence-electron chi connectivity index (χ3n) is 3.95. The van der Waals surface area contributed by atoms with Gasteiger partial charge >= 0.3 is 6.09 Å². The molecule has 3 rings (SSSR count). The van der Waals surface area contributed by atoms with E-state index in [1.165, 1.54) is 0 Å². The minimum absolute atomic E-state index is 0.0546. The van der Waals surface area contributed by atoms with E-state index in [2.05, 4.69) is 10.3 Å². The Morgan fingerprint density at radius 1 is 1.17 bits per heavy atom. The number of carbonyl (C=O) groups is 2. The lowest BCUT2D eigenvalue weighted by atomic mass is 10.1. The Hall–Kier alpha value is -2.64. The summed E-state index contributed by atoms with van der Waals surface area (Å²) in [7, 11) is 1.81. The van der Waals surface area contributed by atoms with Gasteiger partial charge in [-0.1, -0.05) is 5.21 Å². The van der Waals surface area contributed by atoms with Gasteiger partial charge in [-0.2, -0.15) is 0 Å². The second-order valence-corrected chi connectivity index (χ2v) is 5.39. The predicted octanol–water partition coefficient (Wildman–Crippen LogP) is 0.883. The van der Waals surface area contributed by atoms with Crippen molar-refractivity contribution in [1.82, 2.24) is 24.8 Å². The number of hydrogen-bond donors (Lipinski definition) is 0. The quantitative estimate of drug-likeness (QED) is 0.821. The van der Waals surface area contributed by atoms with E-state index in [0.29, 0.717) is 43.9 Å². The molecule has 0 N–H and O–H groups in total. The number of nitrogens with zero attached hydrogens (tertiary/aromatic N) is 5. The number of piperazine rings is 1. The molecule has 8 heteroatoms. The first-order valence-corrected chi connectivity index (χ1v) is 7.60. The van der Waals surface area contributed by atoms with Gasteiger partial charge in [-0.25, -0.2) is 9.48 Å². The van der Waals surface area contributed by atoms with Gasteiger partial charge < -0.3 is 14.5 Å². The average Bonchev–Trinajstić information content (AvgIpc) is 2.95. The summed E-state index contributed by atoms with van der Waals surface area (Å²) < 4.78 is 6.65. The van der Waals surface area contributed by atoms with Crippen LogP contribution in [-0.2, 0) is 11.8 Å². The Bertz CT molecular complexity index is 734. The fraction of sp³-hybridized carbons (Fsp3) is 0.467. The molecule has 0 unspecified atom stereocenters. The van der Waals surface area contributed by atoms with E-state index in [-0.39, 0.29) is 12.0 Å². The van der Waals surface area contributed by atoms with Gasteiger partial charge in [0.25, 0.3) is 5.91 Å². The van der Waals surface area contributed by atoms with Crippen LogP contribution >= 0.6 is 0 Å². The molecule has 0 aliphatic carbocycles. The Balaban J connectivity index is 1.67. The summed E-state index contributed by atoms with van der Waals surface area (Å²) >= 11 is 0. The van der Waals surface area contributed by atoms with E-state index in [9.17, 15) is 9.59 Å². The summed E-state index contributed by atoms with van der Waals surface area (Å²) in [6.45, 7) is 4.10. The summed E-state index contributed by atoms with van der Waals surface area (Å²) in [4.78, 5) is 27.6. The first-order chi connectivity index (χ1) is 11.1. The maximum Gasteiger partial charge on any atom is 0.409 e. The zero-order valence-corrected chi connectivity index (χ0v) is 13.2. The fourth-order valence-corrected chi connectivity index (χ4v) is 2.66. The van der Waals surface area contributed by atoms with Gasteiger partial charge in [-0.3, -0.25) is 4.79 Å². The third-order valence-corrected chi connectivity index (χ3v) is 3.95. The molecule has 1 fully saturated rings. The van der Waals surface area contributed by atoms with Gasteiger partial charge in [0.1, 0.15) is 5.52 Å². The molecule has 0 atom stereocenters. The lowest BCUT2D eigenvalue weighted by Crippen LogP contribution is -2.50. The van der Waals surface area contributed by atoms with Crippen LogP contribution in [0.25, 0.3) is 11.0 Å². The van der Waals surface area contributed by atoms with Crippen molar-refractivity contribution in [3.8, 4) is 0 Å². The average molecular weight is 317 g/mol. The van der Waals surface area contributed by atoms with Crippen LogP contribution < -0.4 is 0 Å². The lowest BCUT2D eigenvalue weighted by molar-refractivity contribution is 0.0570. The smallest absolute Gasteiger partial charge is 0.409 e. The van der Waals surface area contributed by atoms with Crippen LogP contribution in [0, 0.1) is 0 Å². The first kappa shape index (κ1) is 15.3. The monoisotopic (exact) mass is 317 g/mol. The van der Waals surface area contributed by atoms with Crippen molar-refractivity contribution in [3.63, 3.8) is 0 Å². The van der Waals surface area contributed by atoms with Gasteiger partial charge in [0.2, 0.25) is 0 Å². The molecule has 1 aliphatic heterocycles. The van der Waals surface area contributed by atoms with Crippen molar-refractivity contribution in [2.24, 2.45) is 7.05 Å². The molecule has 0 saturated carbocycles. The number of amides is 2. The van der Waals surface area contributed by atoms with Crippen LogP contribution in [0.2, 0.25) is 0 Å². The highest BCUT2D eigenvalue weighted by Gasteiger charge is 2.25. The summed E-state index contributed by atoms with van der Waals surface area (Å²) in [5.41, 5.74) is 2.17. The van der Waals surface area contributed by atoms with Gasteiger partial charge in [-0.15, -0.1) is 5.10 Å². The zero-order chi connectivity index (χ0) is 16.4. The molecule has 2 heterocycles. The zero-order valence-electron chi connectivity index (χ0n) is 13.2. The molecule has 0 spiro atoms. The molecular formula is C15H19N5O3. The van der Waals surface area contributed by atoms with E-state index in [1.54, 1.807) is 33.5 Å². The SMILES string of the molecule is CCOC(=O)N1CCN(C(=O)c2ccc3c(c2)nnn3C)CC1. The summed E-state index contributed by atoms with van der Waals surface area (Å²) in [6, 6.07) is 5.38. The van der Waals surface area contributed by atoms with Crippen molar-refractivity contribution < 1.29 is 14.3 Å². The van der Waals surface area contributed by atoms with E-state index in [4.69, 9.17) is 4.74 Å². The standard InChI is InChI=1S/C15H19N5O3/c1-3-23-15(22)20-8-6-19(7-9-20)14(21)11-4-5-13-12(10-11)16-17-18(13)2/h4-5,10H,3,6-9H2,1-2H3. The van der Waals surface area contributed by atoms with Crippen molar-refractivity contribution in [3.05, 3.63) is 23.8 Å². The molecule has 2 amide bonds. The number of aryl methyl sites for hydroxylation is 1. The van der Waals surface area contributed by atoms with E-state index in [0.717, 1.165) is 5.52 Å². The van der Waals surface area contributed by atoms with Crippen LogP contribution in [0.4, 0.5) is 4.79 Å². The first-order valence-electron chi connectivity index (χ1n) is 7.60. The van der Waals surface area contributed by atoms with Gasteiger partial charge in [0, 0.05) is 38.8 Å². The Morgan fingerprint density at radius 2 is 1.87 bits per heavy atom. The molecule has 122 valence electrons. The number of hydrogen-bond acceptors (Lipinski definition) is 5. The maximum absolute atomic E-state index is 12.6. The number of carbonyl (C=O) groups excluding carboxylic acids is 2. The highest BCUT2D eigenvalue weighted by molar-refractivity contribution is 5.97. The van der Waals surface area contributed by atoms with Gasteiger partial charge in [-0.05, 0) is 25.1 Å². The van der Waals surface area contributed by atoms with Crippen LogP contribution in [0.3, 0.4) is 0 Å². The summed E-state index contributed by atoms with van der Waals surface area (Å²) in [5, 5.41) is 7.97. The van der Waals surface area contributed by atoms with E-state index < -0.39 is 0 Å². The highest BCUT2D eigenvalue weighted by Crippen LogP contribution is 2.15. The molecule has 8 nitrogen and oxygen atoms in total. The highest BCUT2D eigenvalue weighted by atomic mass is 16.6. The molecule has 0 bridgehead atoms. The maximum atomic E-state index is 12.6. The van der Waals surface area contributed by atoms with Crippen molar-refractivity contribution in [2.75, 3.05) is 32.8 Å². The van der Waals surface area contributed by atoms with Gasteiger partial charge in [0.05, 0.1) is 12.1 Å². The largest absolute Gasteiger partial charge is 0.450 e. The normalized spacial score (nSPS) is 15.0. The summed E-state index contributed by atoms with van der Waals surface area (Å²) in [6.07, 6.45) is -0.319. The number of ether oxygens (including phenoxy) is 1. The second kappa shape index (κ2) is 6.23. The van der Waals surface area contributed by atoms with Crippen LogP contribution in [-0.4, -0.2) is 69.6 Å². The molecule has 0 radical (unpaired) electrons. The Kier molecular flexibility index (Phi) is 4.14. The van der Waals surface area contributed by atoms with Crippen LogP contribution in [0.1, 0.15) is 17.3 Å².